The van der Waals surface area contributed by atoms with Gasteiger partial charge in [0, 0.05) is 43.5 Å². The van der Waals surface area contributed by atoms with Gasteiger partial charge in [-0.05, 0) is 87.5 Å². The summed E-state index contributed by atoms with van der Waals surface area (Å²) in [6.45, 7) is 2.89. The number of amidine groups is 1. The number of nitrogen functional groups attached to an aromatic ring is 1. The van der Waals surface area contributed by atoms with Crippen molar-refractivity contribution in [3.63, 3.8) is 0 Å². The molecule has 1 heterocycles. The molecule has 1 aromatic rings. The second-order valence-electron chi connectivity index (χ2n) is 10.6. The fourth-order valence-electron chi connectivity index (χ4n) is 6.34. The minimum atomic E-state index is -0.00906. The molecular formula is C26H37N5O3. The lowest BCUT2D eigenvalue weighted by Gasteiger charge is -2.37. The van der Waals surface area contributed by atoms with Gasteiger partial charge >= 0.3 is 12.0 Å². The molecule has 8 heteroatoms. The third-order valence-electron chi connectivity index (χ3n) is 8.44. The van der Waals surface area contributed by atoms with Crippen LogP contribution < -0.4 is 16.0 Å². The Balaban J connectivity index is 1.02. The average molecular weight is 468 g/mol. The zero-order valence-corrected chi connectivity index (χ0v) is 19.9. The van der Waals surface area contributed by atoms with E-state index in [0.717, 1.165) is 62.4 Å². The number of nitrogens with zero attached hydrogens (tertiary/aromatic N) is 2. The van der Waals surface area contributed by atoms with Gasteiger partial charge < -0.3 is 25.6 Å². The van der Waals surface area contributed by atoms with Crippen LogP contribution in [0.1, 0.15) is 56.9 Å². The zero-order chi connectivity index (χ0) is 23.7. The number of esters is 1. The molecule has 184 valence electrons. The van der Waals surface area contributed by atoms with Gasteiger partial charge in [-0.1, -0.05) is 0 Å². The molecular weight excluding hydrogens is 430 g/mol. The Bertz CT molecular complexity index is 904. The molecule has 4 aliphatic rings. The van der Waals surface area contributed by atoms with Crippen LogP contribution in [0.5, 0.6) is 0 Å². The molecule has 0 aromatic heterocycles. The number of fused-ring (bicyclic) bond motifs is 2. The summed E-state index contributed by atoms with van der Waals surface area (Å²) in [7, 11) is 0. The highest BCUT2D eigenvalue weighted by Gasteiger charge is 2.42. The summed E-state index contributed by atoms with van der Waals surface area (Å²) < 4.78 is 5.91. The number of nitrogens with two attached hydrogens (primary N) is 1. The van der Waals surface area contributed by atoms with Crippen molar-refractivity contribution in [2.24, 2.45) is 23.5 Å². The Morgan fingerprint density at radius 1 is 0.941 bits per heavy atom. The molecule has 4 N–H and O–H groups in total. The highest BCUT2D eigenvalue weighted by molar-refractivity contribution is 5.95. The van der Waals surface area contributed by atoms with E-state index in [0.29, 0.717) is 19.0 Å². The highest BCUT2D eigenvalue weighted by atomic mass is 16.5. The van der Waals surface area contributed by atoms with Crippen LogP contribution in [0, 0.1) is 23.2 Å². The van der Waals surface area contributed by atoms with E-state index in [9.17, 15) is 9.59 Å². The lowest BCUT2D eigenvalue weighted by Crippen LogP contribution is -2.54. The Hall–Kier alpha value is -2.77. The molecule has 2 bridgehead atoms. The summed E-state index contributed by atoms with van der Waals surface area (Å²) in [5, 5.41) is 10.7. The van der Waals surface area contributed by atoms with Crippen LogP contribution in [0.4, 0.5) is 10.5 Å². The SMILES string of the molecule is N=C(N)c1ccc(N2CCN(C(=O)NC3CCC(C(=O)OC4CC5CCC4C5)CC3)CC2)cc1. The third-order valence-corrected chi connectivity index (χ3v) is 8.44. The smallest absolute Gasteiger partial charge is 0.317 e. The first kappa shape index (κ1) is 23.0. The van der Waals surface area contributed by atoms with E-state index >= 15 is 0 Å². The number of ether oxygens (including phenoxy) is 1. The Morgan fingerprint density at radius 2 is 1.65 bits per heavy atom. The molecule has 3 unspecified atom stereocenters. The maximum absolute atomic E-state index is 12.8. The second kappa shape index (κ2) is 9.84. The molecule has 1 saturated heterocycles. The lowest BCUT2D eigenvalue weighted by molar-refractivity contribution is -0.157. The molecule has 3 aliphatic carbocycles. The summed E-state index contributed by atoms with van der Waals surface area (Å²) in [5.74, 6) is 1.44. The molecule has 0 radical (unpaired) electrons. The number of urea groups is 1. The maximum atomic E-state index is 12.8. The standard InChI is InChI=1S/C26H37N5O3/c27-24(28)18-5-9-22(10-6-18)30-11-13-31(14-12-30)26(33)29-21-7-3-19(4-8-21)25(32)34-23-16-17-1-2-20(23)15-17/h5-6,9-10,17,19-21,23H,1-4,7-8,11-16H2,(H3,27,28)(H,29,33). The first-order chi connectivity index (χ1) is 16.5. The number of carbonyl (C=O) groups is 2. The van der Waals surface area contributed by atoms with Gasteiger partial charge in [0.2, 0.25) is 0 Å². The van der Waals surface area contributed by atoms with Crippen LogP contribution in [0.15, 0.2) is 24.3 Å². The summed E-state index contributed by atoms with van der Waals surface area (Å²) in [5.41, 5.74) is 7.33. The van der Waals surface area contributed by atoms with E-state index in [2.05, 4.69) is 10.2 Å². The number of carbonyl (C=O) groups excluding carboxylic acids is 2. The summed E-state index contributed by atoms with van der Waals surface area (Å²) in [6.07, 6.45) is 8.29. The Labute approximate surface area is 201 Å². The number of piperazine rings is 1. The molecule has 0 spiro atoms. The number of rotatable bonds is 5. The van der Waals surface area contributed by atoms with E-state index in [1.165, 1.54) is 19.3 Å². The fraction of sp³-hybridized carbons (Fsp3) is 0.654. The topological polar surface area (TPSA) is 112 Å². The number of hydrogen-bond donors (Lipinski definition) is 3. The molecule has 2 amide bonds. The van der Waals surface area contributed by atoms with Crippen molar-refractivity contribution < 1.29 is 14.3 Å². The fourth-order valence-corrected chi connectivity index (χ4v) is 6.34. The Kier molecular flexibility index (Phi) is 6.66. The number of benzene rings is 1. The van der Waals surface area contributed by atoms with E-state index in [1.54, 1.807) is 0 Å². The molecule has 1 aliphatic heterocycles. The van der Waals surface area contributed by atoms with Crippen molar-refractivity contribution in [1.29, 1.82) is 5.41 Å². The molecule has 1 aromatic carbocycles. The van der Waals surface area contributed by atoms with Gasteiger partial charge in [0.05, 0.1) is 5.92 Å². The van der Waals surface area contributed by atoms with Gasteiger partial charge in [-0.2, -0.15) is 0 Å². The maximum Gasteiger partial charge on any atom is 0.317 e. The van der Waals surface area contributed by atoms with Gasteiger partial charge in [0.1, 0.15) is 11.9 Å². The number of nitrogens with one attached hydrogen (secondary N) is 2. The van der Waals surface area contributed by atoms with Crippen LogP contribution in [-0.2, 0) is 9.53 Å². The van der Waals surface area contributed by atoms with Crippen LogP contribution in [-0.4, -0.2) is 61.1 Å². The minimum Gasteiger partial charge on any atom is -0.462 e. The van der Waals surface area contributed by atoms with E-state index < -0.39 is 0 Å². The van der Waals surface area contributed by atoms with Crippen LogP contribution in [0.3, 0.4) is 0 Å². The molecule has 5 rings (SSSR count). The predicted octanol–water partition coefficient (Wildman–Crippen LogP) is 3.09. The lowest BCUT2D eigenvalue weighted by atomic mass is 9.86. The largest absolute Gasteiger partial charge is 0.462 e. The quantitative estimate of drug-likeness (QED) is 0.350. The van der Waals surface area contributed by atoms with Gasteiger partial charge in [-0.3, -0.25) is 10.2 Å². The Morgan fingerprint density at radius 3 is 2.24 bits per heavy atom. The molecule has 34 heavy (non-hydrogen) atoms. The van der Waals surface area contributed by atoms with E-state index in [4.69, 9.17) is 15.9 Å². The summed E-state index contributed by atoms with van der Waals surface area (Å²) >= 11 is 0. The third kappa shape index (κ3) is 5.00. The van der Waals surface area contributed by atoms with Gasteiger partial charge in [-0.15, -0.1) is 0 Å². The average Bonchev–Trinajstić information content (AvgIpc) is 3.48. The van der Waals surface area contributed by atoms with E-state index in [1.807, 2.05) is 29.2 Å². The summed E-state index contributed by atoms with van der Waals surface area (Å²) in [6, 6.07) is 7.82. The molecule has 3 saturated carbocycles. The van der Waals surface area contributed by atoms with E-state index in [-0.39, 0.29) is 35.9 Å². The molecule has 8 nitrogen and oxygen atoms in total. The van der Waals surface area contributed by atoms with Crippen molar-refractivity contribution in [3.05, 3.63) is 29.8 Å². The van der Waals surface area contributed by atoms with Gasteiger partial charge in [0.25, 0.3) is 0 Å². The van der Waals surface area contributed by atoms with Crippen molar-refractivity contribution >= 4 is 23.5 Å². The van der Waals surface area contributed by atoms with Crippen LogP contribution in [0.2, 0.25) is 0 Å². The highest BCUT2D eigenvalue weighted by Crippen LogP contribution is 2.46. The minimum absolute atomic E-state index is 0.000384. The number of hydrogen-bond acceptors (Lipinski definition) is 5. The van der Waals surface area contributed by atoms with Crippen molar-refractivity contribution in [1.82, 2.24) is 10.2 Å². The normalized spacial score (nSPS) is 30.8. The van der Waals surface area contributed by atoms with Crippen LogP contribution >= 0.6 is 0 Å². The summed E-state index contributed by atoms with van der Waals surface area (Å²) in [4.78, 5) is 29.6. The first-order valence-electron chi connectivity index (χ1n) is 12.9. The monoisotopic (exact) mass is 467 g/mol. The molecule has 3 atom stereocenters. The number of amides is 2. The first-order valence-corrected chi connectivity index (χ1v) is 12.9. The van der Waals surface area contributed by atoms with Crippen molar-refractivity contribution in [3.8, 4) is 0 Å². The van der Waals surface area contributed by atoms with Crippen molar-refractivity contribution in [2.75, 3.05) is 31.1 Å². The number of anilines is 1. The van der Waals surface area contributed by atoms with Crippen LogP contribution in [0.25, 0.3) is 0 Å². The van der Waals surface area contributed by atoms with Crippen molar-refractivity contribution in [2.45, 2.75) is 63.5 Å². The second-order valence-corrected chi connectivity index (χ2v) is 10.6. The predicted molar refractivity (Wildman–Crippen MR) is 131 cm³/mol. The zero-order valence-electron chi connectivity index (χ0n) is 19.9. The van der Waals surface area contributed by atoms with Gasteiger partial charge in [-0.25, -0.2) is 4.79 Å². The van der Waals surface area contributed by atoms with Gasteiger partial charge in [0.15, 0.2) is 0 Å². The molecule has 4 fully saturated rings.